The second kappa shape index (κ2) is 8.72. The van der Waals surface area contributed by atoms with Crippen molar-refractivity contribution in [2.45, 2.75) is 39.3 Å². The van der Waals surface area contributed by atoms with Gasteiger partial charge in [-0.3, -0.25) is 0 Å². The van der Waals surface area contributed by atoms with Gasteiger partial charge in [0.1, 0.15) is 0 Å². The number of rotatable bonds is 4. The maximum absolute atomic E-state index is 5.58. The fraction of sp³-hybridized carbons (Fsp3) is 0.875. The average Bonchev–Trinajstić information content (AvgIpc) is 1.86. The first-order valence-corrected chi connectivity index (χ1v) is 4.03. The molecule has 0 amide bonds. The largest absolute Gasteiger partial charge is 0.328 e. The third-order valence-electron chi connectivity index (χ3n) is 1.22. The minimum atomic E-state index is 0. The molecule has 2 N–H and O–H groups in total. The van der Waals surface area contributed by atoms with Gasteiger partial charge in [-0.15, -0.1) is 12.4 Å². The van der Waals surface area contributed by atoms with Crippen LogP contribution in [0, 0.1) is 0 Å². The molecule has 0 fully saturated rings. The van der Waals surface area contributed by atoms with Crippen LogP contribution < -0.4 is 5.73 Å². The molecule has 12 heavy (non-hydrogen) atoms. The lowest BCUT2D eigenvalue weighted by molar-refractivity contribution is 0.583. The summed E-state index contributed by atoms with van der Waals surface area (Å²) in [5.74, 6) is 0. The van der Waals surface area contributed by atoms with Crippen molar-refractivity contribution in [2.24, 2.45) is 15.7 Å². The highest BCUT2D eigenvalue weighted by Gasteiger charge is 2.00. The molecule has 0 rings (SSSR count). The summed E-state index contributed by atoms with van der Waals surface area (Å²) in [5.41, 5.74) is 5.58. The Morgan fingerprint density at radius 3 is 2.42 bits per heavy atom. The Labute approximate surface area is 80.6 Å². The van der Waals surface area contributed by atoms with Crippen LogP contribution in [-0.4, -0.2) is 24.6 Å². The zero-order valence-corrected chi connectivity index (χ0v) is 8.77. The Hall–Kier alpha value is -0.370. The smallest absolute Gasteiger partial charge is 0.0895 e. The van der Waals surface area contributed by atoms with Gasteiger partial charge >= 0.3 is 0 Å². The lowest BCUT2D eigenvalue weighted by atomic mass is 10.1. The molecule has 0 aromatic rings. The van der Waals surface area contributed by atoms with E-state index in [1.165, 1.54) is 0 Å². The van der Waals surface area contributed by atoms with E-state index >= 15 is 0 Å². The average molecular weight is 192 g/mol. The second-order valence-electron chi connectivity index (χ2n) is 2.77. The molecule has 2 atom stereocenters. The third kappa shape index (κ3) is 9.63. The maximum atomic E-state index is 5.58. The number of nitrogens with zero attached hydrogens (tertiary/aromatic N) is 2. The molecule has 4 heteroatoms. The highest BCUT2D eigenvalue weighted by molar-refractivity contribution is 5.85. The van der Waals surface area contributed by atoms with Crippen LogP contribution >= 0.6 is 12.4 Å². The van der Waals surface area contributed by atoms with Crippen LogP contribution in [0.2, 0.25) is 0 Å². The van der Waals surface area contributed by atoms with Crippen molar-refractivity contribution in [2.75, 3.05) is 6.54 Å². The van der Waals surface area contributed by atoms with Gasteiger partial charge < -0.3 is 5.73 Å². The highest BCUT2D eigenvalue weighted by Crippen LogP contribution is 1.97. The zero-order chi connectivity index (χ0) is 8.69. The van der Waals surface area contributed by atoms with Crippen molar-refractivity contribution in [3.8, 4) is 0 Å². The minimum Gasteiger partial charge on any atom is -0.328 e. The zero-order valence-electron chi connectivity index (χ0n) is 7.95. The van der Waals surface area contributed by atoms with Gasteiger partial charge in [0.2, 0.25) is 0 Å². The SMILES string of the molecule is CCN=C=NC(C)CC(C)N.Cl. The van der Waals surface area contributed by atoms with Crippen LogP contribution in [0.4, 0.5) is 0 Å². The number of aliphatic imine (C=N–C) groups is 2. The molecule has 0 aromatic heterocycles. The first kappa shape index (κ1) is 14.2. The van der Waals surface area contributed by atoms with Crippen molar-refractivity contribution < 1.29 is 0 Å². The Bertz CT molecular complexity index is 150. The summed E-state index contributed by atoms with van der Waals surface area (Å²) >= 11 is 0. The summed E-state index contributed by atoms with van der Waals surface area (Å²) in [7, 11) is 0. The molecule has 0 aliphatic carbocycles. The summed E-state index contributed by atoms with van der Waals surface area (Å²) in [6.45, 7) is 6.69. The van der Waals surface area contributed by atoms with E-state index in [0.29, 0.717) is 0 Å². The van der Waals surface area contributed by atoms with Crippen LogP contribution in [0.15, 0.2) is 9.98 Å². The fourth-order valence-corrected chi connectivity index (χ4v) is 0.801. The molecular formula is C8H18ClN3. The van der Waals surface area contributed by atoms with Gasteiger partial charge in [0, 0.05) is 12.6 Å². The minimum absolute atomic E-state index is 0. The molecule has 0 spiro atoms. The predicted molar refractivity (Wildman–Crippen MR) is 55.4 cm³/mol. The van der Waals surface area contributed by atoms with E-state index < -0.39 is 0 Å². The van der Waals surface area contributed by atoms with Crippen LogP contribution in [0.25, 0.3) is 0 Å². The first-order chi connectivity index (χ1) is 5.16. The van der Waals surface area contributed by atoms with Gasteiger partial charge in [-0.1, -0.05) is 0 Å². The van der Waals surface area contributed by atoms with Gasteiger partial charge in [0.05, 0.1) is 12.1 Å². The predicted octanol–water partition coefficient (Wildman–Crippen LogP) is 1.73. The molecular weight excluding hydrogens is 174 g/mol. The fourth-order valence-electron chi connectivity index (χ4n) is 0.801. The van der Waals surface area contributed by atoms with Crippen molar-refractivity contribution in [3.05, 3.63) is 0 Å². The molecule has 0 radical (unpaired) electrons. The van der Waals surface area contributed by atoms with Crippen molar-refractivity contribution >= 4 is 18.4 Å². The number of halogens is 1. The molecule has 0 saturated carbocycles. The van der Waals surface area contributed by atoms with E-state index in [-0.39, 0.29) is 24.5 Å². The normalized spacial score (nSPS) is 13.7. The quantitative estimate of drug-likeness (QED) is 0.677. The standard InChI is InChI=1S/C8H17N3.ClH/c1-4-10-6-11-8(3)5-7(2)9;/h7-8H,4-5,9H2,1-3H3;1H. The van der Waals surface area contributed by atoms with Gasteiger partial charge in [0.15, 0.2) is 0 Å². The molecule has 0 aromatic carbocycles. The Balaban J connectivity index is 0. The number of nitrogens with two attached hydrogens (primary N) is 1. The van der Waals surface area contributed by atoms with E-state index in [0.717, 1.165) is 13.0 Å². The topological polar surface area (TPSA) is 50.7 Å². The van der Waals surface area contributed by atoms with E-state index in [2.05, 4.69) is 16.0 Å². The second-order valence-corrected chi connectivity index (χ2v) is 2.77. The van der Waals surface area contributed by atoms with Gasteiger partial charge in [0.25, 0.3) is 0 Å². The number of hydrogen-bond acceptors (Lipinski definition) is 3. The van der Waals surface area contributed by atoms with Crippen molar-refractivity contribution in [1.82, 2.24) is 0 Å². The van der Waals surface area contributed by atoms with Crippen LogP contribution in [0.1, 0.15) is 27.2 Å². The molecule has 2 unspecified atom stereocenters. The Kier molecular flexibility index (Phi) is 10.3. The molecule has 0 heterocycles. The lowest BCUT2D eigenvalue weighted by Crippen LogP contribution is -2.19. The van der Waals surface area contributed by atoms with Gasteiger partial charge in [-0.05, 0) is 27.2 Å². The van der Waals surface area contributed by atoms with Crippen molar-refractivity contribution in [3.63, 3.8) is 0 Å². The molecule has 3 nitrogen and oxygen atoms in total. The first-order valence-electron chi connectivity index (χ1n) is 4.03. The van der Waals surface area contributed by atoms with Gasteiger partial charge in [-0.2, -0.15) is 0 Å². The van der Waals surface area contributed by atoms with Crippen LogP contribution in [0.3, 0.4) is 0 Å². The van der Waals surface area contributed by atoms with E-state index in [4.69, 9.17) is 5.73 Å². The summed E-state index contributed by atoms with van der Waals surface area (Å²) in [6, 6.07) is 3.08. The van der Waals surface area contributed by atoms with E-state index in [9.17, 15) is 0 Å². The van der Waals surface area contributed by atoms with E-state index in [1.54, 1.807) is 0 Å². The molecule has 72 valence electrons. The monoisotopic (exact) mass is 191 g/mol. The molecule has 0 aliphatic rings. The molecule has 0 aliphatic heterocycles. The van der Waals surface area contributed by atoms with Crippen molar-refractivity contribution in [1.29, 1.82) is 0 Å². The Morgan fingerprint density at radius 2 is 2.00 bits per heavy atom. The van der Waals surface area contributed by atoms with Gasteiger partial charge in [-0.25, -0.2) is 9.98 Å². The summed E-state index contributed by atoms with van der Waals surface area (Å²) in [4.78, 5) is 7.92. The van der Waals surface area contributed by atoms with Crippen LogP contribution in [-0.2, 0) is 0 Å². The number of hydrogen-bond donors (Lipinski definition) is 1. The molecule has 0 bridgehead atoms. The Morgan fingerprint density at radius 1 is 1.42 bits per heavy atom. The third-order valence-corrected chi connectivity index (χ3v) is 1.22. The maximum Gasteiger partial charge on any atom is 0.0895 e. The lowest BCUT2D eigenvalue weighted by Gasteiger charge is -2.06. The van der Waals surface area contributed by atoms with Crippen LogP contribution in [0.5, 0.6) is 0 Å². The highest BCUT2D eigenvalue weighted by atomic mass is 35.5. The van der Waals surface area contributed by atoms with E-state index in [1.807, 2.05) is 20.8 Å². The molecule has 0 saturated heterocycles. The summed E-state index contributed by atoms with van der Waals surface area (Å²) < 4.78 is 0. The summed E-state index contributed by atoms with van der Waals surface area (Å²) in [6.07, 6.45) is 0.895. The summed E-state index contributed by atoms with van der Waals surface area (Å²) in [5, 5.41) is 0.